The van der Waals surface area contributed by atoms with Crippen LogP contribution in [0.1, 0.15) is 18.4 Å². The van der Waals surface area contributed by atoms with E-state index in [4.69, 9.17) is 0 Å². The molecule has 0 aliphatic carbocycles. The van der Waals surface area contributed by atoms with Gasteiger partial charge in [-0.15, -0.1) is 0 Å². The first kappa shape index (κ1) is 14.2. The van der Waals surface area contributed by atoms with Gasteiger partial charge in [0.25, 0.3) is 0 Å². The molecule has 1 amide bonds. The van der Waals surface area contributed by atoms with Crippen LogP contribution in [0.25, 0.3) is 0 Å². The number of hydrogen-bond acceptors (Lipinski definition) is 1. The van der Waals surface area contributed by atoms with Gasteiger partial charge in [-0.2, -0.15) is 0 Å². The molecule has 0 saturated heterocycles. The first-order chi connectivity index (χ1) is 9.65. The van der Waals surface area contributed by atoms with Crippen molar-refractivity contribution in [3.05, 3.63) is 65.7 Å². The SMILES string of the molecule is O=C(CCCc1ccccc1)Nc1ccc(F)c(F)c1. The number of rotatable bonds is 5. The molecule has 2 rings (SSSR count). The van der Waals surface area contributed by atoms with Gasteiger partial charge < -0.3 is 5.32 Å². The largest absolute Gasteiger partial charge is 0.326 e. The maximum Gasteiger partial charge on any atom is 0.224 e. The van der Waals surface area contributed by atoms with E-state index in [0.717, 1.165) is 18.6 Å². The predicted octanol–water partition coefficient (Wildman–Crippen LogP) is 3.93. The number of hydrogen-bond donors (Lipinski definition) is 1. The number of carbonyl (C=O) groups excluding carboxylic acids is 1. The monoisotopic (exact) mass is 275 g/mol. The van der Waals surface area contributed by atoms with Crippen molar-refractivity contribution in [2.24, 2.45) is 0 Å². The molecule has 0 atom stereocenters. The topological polar surface area (TPSA) is 29.1 Å². The summed E-state index contributed by atoms with van der Waals surface area (Å²) in [5.41, 5.74) is 1.45. The van der Waals surface area contributed by atoms with Crippen LogP contribution >= 0.6 is 0 Å². The third kappa shape index (κ3) is 4.16. The van der Waals surface area contributed by atoms with Crippen LogP contribution in [0, 0.1) is 11.6 Å². The lowest BCUT2D eigenvalue weighted by Gasteiger charge is -2.05. The van der Waals surface area contributed by atoms with Crippen LogP contribution in [0.3, 0.4) is 0 Å². The van der Waals surface area contributed by atoms with Gasteiger partial charge in [-0.25, -0.2) is 8.78 Å². The van der Waals surface area contributed by atoms with Gasteiger partial charge in [0.1, 0.15) is 0 Å². The van der Waals surface area contributed by atoms with Gasteiger partial charge in [0.2, 0.25) is 5.91 Å². The Balaban J connectivity index is 1.79. The Kier molecular flexibility index (Phi) is 4.82. The van der Waals surface area contributed by atoms with E-state index >= 15 is 0 Å². The highest BCUT2D eigenvalue weighted by molar-refractivity contribution is 5.90. The zero-order chi connectivity index (χ0) is 14.4. The highest BCUT2D eigenvalue weighted by Crippen LogP contribution is 2.14. The molecule has 0 radical (unpaired) electrons. The van der Waals surface area contributed by atoms with Crippen LogP contribution in [-0.2, 0) is 11.2 Å². The summed E-state index contributed by atoms with van der Waals surface area (Å²) in [6, 6.07) is 13.2. The van der Waals surface area contributed by atoms with Crippen molar-refractivity contribution in [2.45, 2.75) is 19.3 Å². The van der Waals surface area contributed by atoms with Crippen LogP contribution in [0.15, 0.2) is 48.5 Å². The Hall–Kier alpha value is -2.23. The molecule has 0 heterocycles. The molecule has 2 nitrogen and oxygen atoms in total. The molecule has 0 spiro atoms. The van der Waals surface area contributed by atoms with Crippen LogP contribution in [0.4, 0.5) is 14.5 Å². The Morgan fingerprint density at radius 1 is 1.00 bits per heavy atom. The normalized spacial score (nSPS) is 10.3. The molecule has 0 aromatic heterocycles. The van der Waals surface area contributed by atoms with Crippen molar-refractivity contribution in [2.75, 3.05) is 5.32 Å². The molecule has 0 aliphatic rings. The van der Waals surface area contributed by atoms with Gasteiger partial charge in [-0.1, -0.05) is 30.3 Å². The van der Waals surface area contributed by atoms with Crippen molar-refractivity contribution in [1.29, 1.82) is 0 Å². The van der Waals surface area contributed by atoms with Crippen molar-refractivity contribution in [3.63, 3.8) is 0 Å². The minimum Gasteiger partial charge on any atom is -0.326 e. The van der Waals surface area contributed by atoms with E-state index in [0.29, 0.717) is 12.8 Å². The molecule has 20 heavy (non-hydrogen) atoms. The van der Waals surface area contributed by atoms with Crippen LogP contribution in [0.2, 0.25) is 0 Å². The van der Waals surface area contributed by atoms with E-state index in [9.17, 15) is 13.6 Å². The first-order valence-electron chi connectivity index (χ1n) is 6.44. The first-order valence-corrected chi connectivity index (χ1v) is 6.44. The fraction of sp³-hybridized carbons (Fsp3) is 0.188. The van der Waals surface area contributed by atoms with E-state index in [1.165, 1.54) is 11.6 Å². The lowest BCUT2D eigenvalue weighted by Crippen LogP contribution is -2.11. The van der Waals surface area contributed by atoms with Gasteiger partial charge in [-0.05, 0) is 30.5 Å². The summed E-state index contributed by atoms with van der Waals surface area (Å²) < 4.78 is 25.7. The molecule has 4 heteroatoms. The minimum absolute atomic E-state index is 0.202. The van der Waals surface area contributed by atoms with Crippen molar-refractivity contribution in [1.82, 2.24) is 0 Å². The molecule has 0 saturated carbocycles. The Bertz CT molecular complexity index is 584. The van der Waals surface area contributed by atoms with E-state index < -0.39 is 11.6 Å². The second-order valence-electron chi connectivity index (χ2n) is 4.52. The Morgan fingerprint density at radius 3 is 2.45 bits per heavy atom. The molecule has 0 aliphatic heterocycles. The fourth-order valence-electron chi connectivity index (χ4n) is 1.90. The Labute approximate surface area is 116 Å². The standard InChI is InChI=1S/C16H15F2NO/c17-14-10-9-13(11-15(14)18)19-16(20)8-4-7-12-5-2-1-3-6-12/h1-3,5-6,9-11H,4,7-8H2,(H,19,20). The molecule has 2 aromatic rings. The number of carbonyl (C=O) groups is 1. The highest BCUT2D eigenvalue weighted by Gasteiger charge is 2.06. The molecular weight excluding hydrogens is 260 g/mol. The highest BCUT2D eigenvalue weighted by atomic mass is 19.2. The van der Waals surface area contributed by atoms with Crippen LogP contribution in [0.5, 0.6) is 0 Å². The van der Waals surface area contributed by atoms with E-state index in [2.05, 4.69) is 5.32 Å². The second-order valence-corrected chi connectivity index (χ2v) is 4.52. The number of benzene rings is 2. The number of nitrogens with one attached hydrogen (secondary N) is 1. The lowest BCUT2D eigenvalue weighted by atomic mass is 10.1. The molecule has 2 aromatic carbocycles. The maximum atomic E-state index is 13.0. The smallest absolute Gasteiger partial charge is 0.224 e. The van der Waals surface area contributed by atoms with Crippen LogP contribution in [-0.4, -0.2) is 5.91 Å². The third-order valence-corrected chi connectivity index (χ3v) is 2.92. The predicted molar refractivity (Wildman–Crippen MR) is 74.4 cm³/mol. The zero-order valence-electron chi connectivity index (χ0n) is 10.9. The fourth-order valence-corrected chi connectivity index (χ4v) is 1.90. The summed E-state index contributed by atoms with van der Waals surface area (Å²) in [6.45, 7) is 0. The molecule has 0 unspecified atom stereocenters. The molecule has 0 fully saturated rings. The number of aryl methyl sites for hydroxylation is 1. The summed E-state index contributed by atoms with van der Waals surface area (Å²) in [4.78, 5) is 11.7. The van der Waals surface area contributed by atoms with Crippen LogP contribution < -0.4 is 5.32 Å². The number of amides is 1. The summed E-state index contributed by atoms with van der Waals surface area (Å²) in [5, 5.41) is 2.55. The molecule has 1 N–H and O–H groups in total. The van der Waals surface area contributed by atoms with Crippen molar-refractivity contribution in [3.8, 4) is 0 Å². The maximum absolute atomic E-state index is 13.0. The van der Waals surface area contributed by atoms with Crippen molar-refractivity contribution < 1.29 is 13.6 Å². The Morgan fingerprint density at radius 2 is 1.75 bits per heavy atom. The van der Waals surface area contributed by atoms with E-state index in [1.807, 2.05) is 30.3 Å². The molecule has 0 bridgehead atoms. The van der Waals surface area contributed by atoms with Gasteiger partial charge in [0.05, 0.1) is 0 Å². The summed E-state index contributed by atoms with van der Waals surface area (Å²) >= 11 is 0. The summed E-state index contributed by atoms with van der Waals surface area (Å²) in [6.07, 6.45) is 1.86. The molecule has 104 valence electrons. The number of anilines is 1. The summed E-state index contributed by atoms with van der Waals surface area (Å²) in [5.74, 6) is -2.09. The van der Waals surface area contributed by atoms with E-state index in [-0.39, 0.29) is 11.6 Å². The van der Waals surface area contributed by atoms with Gasteiger partial charge in [0.15, 0.2) is 11.6 Å². The van der Waals surface area contributed by atoms with E-state index in [1.54, 1.807) is 0 Å². The average molecular weight is 275 g/mol. The zero-order valence-corrected chi connectivity index (χ0v) is 10.9. The number of halogens is 2. The van der Waals surface area contributed by atoms with Gasteiger partial charge in [0, 0.05) is 18.2 Å². The average Bonchev–Trinajstić information content (AvgIpc) is 2.44. The molecular formula is C16H15F2NO. The van der Waals surface area contributed by atoms with Gasteiger partial charge >= 0.3 is 0 Å². The summed E-state index contributed by atoms with van der Waals surface area (Å²) in [7, 11) is 0. The second kappa shape index (κ2) is 6.80. The minimum atomic E-state index is -0.966. The van der Waals surface area contributed by atoms with Gasteiger partial charge in [-0.3, -0.25) is 4.79 Å². The van der Waals surface area contributed by atoms with Crippen molar-refractivity contribution >= 4 is 11.6 Å². The lowest BCUT2D eigenvalue weighted by molar-refractivity contribution is -0.116. The quantitative estimate of drug-likeness (QED) is 0.880. The third-order valence-electron chi connectivity index (χ3n) is 2.92.